The SMILES string of the molecule is CCc1nnsc1C(O)c1ccc(Cl)cc1F. The van der Waals surface area contributed by atoms with Crippen molar-refractivity contribution in [3.63, 3.8) is 0 Å². The average Bonchev–Trinajstić information content (AvgIpc) is 2.76. The van der Waals surface area contributed by atoms with Crippen LogP contribution in [0, 0.1) is 5.82 Å². The molecule has 0 fully saturated rings. The zero-order chi connectivity index (χ0) is 12.4. The Morgan fingerprint density at radius 2 is 2.29 bits per heavy atom. The van der Waals surface area contributed by atoms with Gasteiger partial charge in [0.25, 0.3) is 0 Å². The molecule has 2 rings (SSSR count). The van der Waals surface area contributed by atoms with Gasteiger partial charge in [0.1, 0.15) is 11.9 Å². The van der Waals surface area contributed by atoms with Crippen LogP contribution in [0.3, 0.4) is 0 Å². The number of halogens is 2. The van der Waals surface area contributed by atoms with E-state index in [4.69, 9.17) is 11.6 Å². The molecule has 0 saturated carbocycles. The summed E-state index contributed by atoms with van der Waals surface area (Å²) in [6.07, 6.45) is -0.389. The summed E-state index contributed by atoms with van der Waals surface area (Å²) in [5.41, 5.74) is 0.881. The minimum absolute atomic E-state index is 0.190. The molecule has 0 aliphatic rings. The van der Waals surface area contributed by atoms with Gasteiger partial charge in [0.15, 0.2) is 0 Å². The van der Waals surface area contributed by atoms with Gasteiger partial charge in [-0.1, -0.05) is 29.1 Å². The number of rotatable bonds is 3. The van der Waals surface area contributed by atoms with Crippen LogP contribution in [-0.4, -0.2) is 14.7 Å². The summed E-state index contributed by atoms with van der Waals surface area (Å²) in [6, 6.07) is 4.20. The van der Waals surface area contributed by atoms with Crippen LogP contribution in [0.25, 0.3) is 0 Å². The number of aryl methyl sites for hydroxylation is 1. The van der Waals surface area contributed by atoms with Gasteiger partial charge in [-0.2, -0.15) is 0 Å². The number of hydrogen-bond acceptors (Lipinski definition) is 4. The van der Waals surface area contributed by atoms with E-state index in [-0.39, 0.29) is 5.56 Å². The van der Waals surface area contributed by atoms with Crippen molar-refractivity contribution in [1.82, 2.24) is 9.59 Å². The lowest BCUT2D eigenvalue weighted by Gasteiger charge is -2.10. The number of nitrogens with zero attached hydrogens (tertiary/aromatic N) is 2. The number of hydrogen-bond donors (Lipinski definition) is 1. The fourth-order valence-corrected chi connectivity index (χ4v) is 2.44. The van der Waals surface area contributed by atoms with Crippen LogP contribution in [0.1, 0.15) is 29.2 Å². The van der Waals surface area contributed by atoms with E-state index < -0.39 is 11.9 Å². The third kappa shape index (κ3) is 2.46. The lowest BCUT2D eigenvalue weighted by Crippen LogP contribution is -2.03. The highest BCUT2D eigenvalue weighted by molar-refractivity contribution is 7.05. The van der Waals surface area contributed by atoms with Crippen molar-refractivity contribution in [2.45, 2.75) is 19.4 Å². The highest BCUT2D eigenvalue weighted by atomic mass is 35.5. The van der Waals surface area contributed by atoms with Crippen molar-refractivity contribution in [3.8, 4) is 0 Å². The molecule has 0 radical (unpaired) electrons. The van der Waals surface area contributed by atoms with Gasteiger partial charge in [0.05, 0.1) is 10.6 Å². The van der Waals surface area contributed by atoms with E-state index in [9.17, 15) is 9.50 Å². The largest absolute Gasteiger partial charge is 0.383 e. The van der Waals surface area contributed by atoms with Crippen molar-refractivity contribution in [3.05, 3.63) is 45.2 Å². The topological polar surface area (TPSA) is 46.0 Å². The van der Waals surface area contributed by atoms with Crippen molar-refractivity contribution in [2.75, 3.05) is 0 Å². The fraction of sp³-hybridized carbons (Fsp3) is 0.273. The van der Waals surface area contributed by atoms with Gasteiger partial charge < -0.3 is 5.11 Å². The predicted octanol–water partition coefficient (Wildman–Crippen LogP) is 2.97. The molecule has 1 atom stereocenters. The van der Waals surface area contributed by atoms with Gasteiger partial charge in [0.2, 0.25) is 0 Å². The van der Waals surface area contributed by atoms with E-state index in [0.717, 1.165) is 11.5 Å². The van der Waals surface area contributed by atoms with Gasteiger partial charge in [-0.25, -0.2) is 4.39 Å². The molecule has 1 aromatic carbocycles. The lowest BCUT2D eigenvalue weighted by molar-refractivity contribution is 0.217. The summed E-state index contributed by atoms with van der Waals surface area (Å²) >= 11 is 6.74. The second-order valence-corrected chi connectivity index (χ2v) is 4.73. The first-order valence-corrected chi connectivity index (χ1v) is 6.22. The molecule has 0 bridgehead atoms. The maximum Gasteiger partial charge on any atom is 0.130 e. The second kappa shape index (κ2) is 5.08. The summed E-state index contributed by atoms with van der Waals surface area (Å²) in [5, 5.41) is 14.3. The Balaban J connectivity index is 2.40. The maximum atomic E-state index is 13.6. The molecule has 17 heavy (non-hydrogen) atoms. The zero-order valence-corrected chi connectivity index (χ0v) is 10.6. The summed E-state index contributed by atoms with van der Waals surface area (Å²) in [7, 11) is 0. The Morgan fingerprint density at radius 1 is 1.53 bits per heavy atom. The molecule has 0 amide bonds. The van der Waals surface area contributed by atoms with E-state index in [0.29, 0.717) is 22.0 Å². The van der Waals surface area contributed by atoms with Crippen LogP contribution in [0.5, 0.6) is 0 Å². The van der Waals surface area contributed by atoms with Crippen LogP contribution < -0.4 is 0 Å². The third-order valence-electron chi connectivity index (χ3n) is 2.43. The summed E-state index contributed by atoms with van der Waals surface area (Å²) in [6.45, 7) is 1.91. The first-order chi connectivity index (χ1) is 8.13. The van der Waals surface area contributed by atoms with Gasteiger partial charge in [-0.15, -0.1) is 5.10 Å². The molecule has 3 nitrogen and oxygen atoms in total. The molecular formula is C11H10ClFN2OS. The van der Waals surface area contributed by atoms with Gasteiger partial charge in [-0.3, -0.25) is 0 Å². The standard InChI is InChI=1S/C11H10ClFN2OS/c1-2-9-11(17-15-14-9)10(16)7-4-3-6(12)5-8(7)13/h3-5,10,16H,2H2,1H3. The predicted molar refractivity (Wildman–Crippen MR) is 64.8 cm³/mol. The first kappa shape index (κ1) is 12.4. The minimum atomic E-state index is -1.04. The molecule has 0 spiro atoms. The Bertz CT molecular complexity index is 532. The van der Waals surface area contributed by atoms with Crippen molar-refractivity contribution in [2.24, 2.45) is 0 Å². The molecule has 0 saturated heterocycles. The van der Waals surface area contributed by atoms with Gasteiger partial charge in [0, 0.05) is 10.6 Å². The number of aliphatic hydroxyl groups excluding tert-OH is 1. The van der Waals surface area contributed by atoms with Gasteiger partial charge in [-0.05, 0) is 30.1 Å². The highest BCUT2D eigenvalue weighted by Crippen LogP contribution is 2.29. The number of aliphatic hydroxyl groups is 1. The molecule has 2 aromatic rings. The first-order valence-electron chi connectivity index (χ1n) is 5.07. The van der Waals surface area contributed by atoms with Crippen LogP contribution in [0.15, 0.2) is 18.2 Å². The molecule has 1 unspecified atom stereocenters. The molecule has 6 heteroatoms. The van der Waals surface area contributed by atoms with Crippen molar-refractivity contribution >= 4 is 23.1 Å². The fourth-order valence-electron chi connectivity index (χ4n) is 1.53. The molecule has 1 aromatic heterocycles. The summed E-state index contributed by atoms with van der Waals surface area (Å²) < 4.78 is 17.4. The Morgan fingerprint density at radius 3 is 2.94 bits per heavy atom. The van der Waals surface area contributed by atoms with Crippen LogP contribution in [0.4, 0.5) is 4.39 Å². The smallest absolute Gasteiger partial charge is 0.130 e. The molecule has 90 valence electrons. The highest BCUT2D eigenvalue weighted by Gasteiger charge is 2.20. The van der Waals surface area contributed by atoms with Crippen LogP contribution >= 0.6 is 23.1 Å². The monoisotopic (exact) mass is 272 g/mol. The van der Waals surface area contributed by atoms with Crippen LogP contribution in [0.2, 0.25) is 5.02 Å². The average molecular weight is 273 g/mol. The van der Waals surface area contributed by atoms with E-state index in [2.05, 4.69) is 9.59 Å². The normalized spacial score (nSPS) is 12.7. The summed E-state index contributed by atoms with van der Waals surface area (Å²) in [5.74, 6) is -0.527. The molecule has 1 N–H and O–H groups in total. The Labute approximate surface area is 107 Å². The van der Waals surface area contributed by atoms with Gasteiger partial charge >= 0.3 is 0 Å². The lowest BCUT2D eigenvalue weighted by atomic mass is 10.1. The molecular weight excluding hydrogens is 263 g/mol. The Kier molecular flexibility index (Phi) is 3.71. The quantitative estimate of drug-likeness (QED) is 0.934. The number of aromatic nitrogens is 2. The second-order valence-electron chi connectivity index (χ2n) is 3.51. The zero-order valence-electron chi connectivity index (χ0n) is 9.02. The van der Waals surface area contributed by atoms with Crippen molar-refractivity contribution < 1.29 is 9.50 Å². The van der Waals surface area contributed by atoms with Crippen LogP contribution in [-0.2, 0) is 6.42 Å². The molecule has 0 aliphatic carbocycles. The van der Waals surface area contributed by atoms with E-state index in [1.165, 1.54) is 12.1 Å². The van der Waals surface area contributed by atoms with Crippen molar-refractivity contribution in [1.29, 1.82) is 0 Å². The maximum absolute atomic E-state index is 13.6. The third-order valence-corrected chi connectivity index (χ3v) is 3.48. The van der Waals surface area contributed by atoms with E-state index in [1.807, 2.05) is 6.92 Å². The number of benzene rings is 1. The Hall–Kier alpha value is -1.04. The summed E-state index contributed by atoms with van der Waals surface area (Å²) in [4.78, 5) is 0.578. The molecule has 1 heterocycles. The van der Waals surface area contributed by atoms with E-state index >= 15 is 0 Å². The van der Waals surface area contributed by atoms with E-state index in [1.54, 1.807) is 6.07 Å². The molecule has 0 aliphatic heterocycles. The minimum Gasteiger partial charge on any atom is -0.383 e.